The van der Waals surface area contributed by atoms with Crippen LogP contribution in [0.25, 0.3) is 0 Å². The van der Waals surface area contributed by atoms with E-state index in [1.807, 2.05) is 6.92 Å². The summed E-state index contributed by atoms with van der Waals surface area (Å²) in [5.74, 6) is -2.03. The summed E-state index contributed by atoms with van der Waals surface area (Å²) in [6.45, 7) is 35.8. The van der Waals surface area contributed by atoms with Crippen LogP contribution < -0.4 is 21.3 Å². The first-order chi connectivity index (χ1) is 25.6. The number of nitrogens with one attached hydrogen (secondary N) is 4. The molecule has 0 amide bonds. The average Bonchev–Trinajstić information content (AvgIpc) is 2.88. The van der Waals surface area contributed by atoms with Crippen LogP contribution in [-0.4, -0.2) is 92.6 Å². The zero-order valence-corrected chi connectivity index (χ0v) is 38.9. The van der Waals surface area contributed by atoms with Crippen LogP contribution >= 0.6 is 0 Å². The number of hydrogen-bond acceptors (Lipinski definition) is 12. The Morgan fingerprint density at radius 3 is 0.895 bits per heavy atom. The Kier molecular flexibility index (Phi) is 15.3. The Labute approximate surface area is 345 Å². The van der Waals surface area contributed by atoms with E-state index in [1.54, 1.807) is 0 Å². The fourth-order valence-electron chi connectivity index (χ4n) is 10.9. The van der Waals surface area contributed by atoms with Crippen LogP contribution in [0.5, 0.6) is 0 Å². The summed E-state index contributed by atoms with van der Waals surface area (Å²) in [6, 6.07) is 0. The van der Waals surface area contributed by atoms with Crippen molar-refractivity contribution in [2.75, 3.05) is 0 Å². The normalized spacial score (nSPS) is 26.8. The van der Waals surface area contributed by atoms with Gasteiger partial charge in [0.15, 0.2) is 0 Å². The zero-order chi connectivity index (χ0) is 43.6. The molecule has 4 rings (SSSR count). The predicted molar refractivity (Wildman–Crippen MR) is 225 cm³/mol. The summed E-state index contributed by atoms with van der Waals surface area (Å²) in [4.78, 5) is 50.1. The third-order valence-corrected chi connectivity index (χ3v) is 11.3. The molecule has 4 fully saturated rings. The van der Waals surface area contributed by atoms with Gasteiger partial charge < -0.3 is 40.2 Å². The molecule has 0 spiro atoms. The molecule has 12 nitrogen and oxygen atoms in total. The fraction of sp³-hybridized carbons (Fsp3) is 0.911. The van der Waals surface area contributed by atoms with Crippen LogP contribution in [0.15, 0.2) is 0 Å². The third-order valence-electron chi connectivity index (χ3n) is 11.3. The molecule has 0 aromatic heterocycles. The minimum Gasteiger partial charge on any atom is -0.462 e. The minimum atomic E-state index is -0.494. The van der Waals surface area contributed by atoms with Gasteiger partial charge in [0.2, 0.25) is 0 Å². The lowest BCUT2D eigenvalue weighted by atomic mass is 9.81. The van der Waals surface area contributed by atoms with Crippen molar-refractivity contribution in [1.29, 1.82) is 0 Å². The van der Waals surface area contributed by atoms with Crippen LogP contribution in [0.4, 0.5) is 0 Å². The number of hydrogen-bond donors (Lipinski definition) is 4. The van der Waals surface area contributed by atoms with Crippen molar-refractivity contribution in [2.45, 2.75) is 257 Å². The average molecular weight is 807 g/mol. The van der Waals surface area contributed by atoms with Crippen LogP contribution in [0.1, 0.15) is 188 Å². The standard InChI is InChI=1S/C24H44N2O4.C21H38N2O4/c1-10-16(20(28)30-18-14-23(6,7)26-24(8,9)15-18)11-19(27)29-17-12-21(2,3)25-22(4,5)13-17;1-18(2)10-14(11-19(3,4)22-18)26-16(24)9-17(25)27-15-12-20(5,6)23-21(7,8)13-15/h16-18,25-26H,10-15H2,1-9H3;14-15,22-23H,9-13H2,1-8H3. The highest BCUT2D eigenvalue weighted by Crippen LogP contribution is 2.34. The largest absolute Gasteiger partial charge is 0.462 e. The molecule has 0 radical (unpaired) electrons. The molecular formula is C45H82N4O8. The Bertz CT molecular complexity index is 1320. The SMILES string of the molecule is CC1(C)CC(OC(=O)CC(=O)OC2CC(C)(C)NC(C)(C)C2)CC(C)(C)N1.CCC(CC(=O)OC1CC(C)(C)NC(C)(C)C1)C(=O)OC1CC(C)(C)NC(C)(C)C1. The highest BCUT2D eigenvalue weighted by Gasteiger charge is 2.43. The number of carbonyl (C=O) groups is 4. The summed E-state index contributed by atoms with van der Waals surface area (Å²) in [5.41, 5.74) is -0.823. The van der Waals surface area contributed by atoms with Crippen LogP contribution in [0, 0.1) is 5.92 Å². The Balaban J connectivity index is 0.000000307. The molecule has 1 unspecified atom stereocenters. The number of rotatable bonds is 10. The molecule has 0 saturated carbocycles. The first kappa shape index (κ1) is 49.1. The maximum Gasteiger partial charge on any atom is 0.317 e. The monoisotopic (exact) mass is 807 g/mol. The van der Waals surface area contributed by atoms with E-state index in [1.165, 1.54) is 0 Å². The van der Waals surface area contributed by atoms with E-state index < -0.39 is 17.9 Å². The molecule has 1 atom stereocenters. The van der Waals surface area contributed by atoms with Crippen LogP contribution in [-0.2, 0) is 38.1 Å². The Hall–Kier alpha value is -2.28. The molecule has 4 aliphatic rings. The number of esters is 4. The van der Waals surface area contributed by atoms with Crippen molar-refractivity contribution in [2.24, 2.45) is 5.92 Å². The van der Waals surface area contributed by atoms with E-state index in [-0.39, 0.29) is 93.5 Å². The summed E-state index contributed by atoms with van der Waals surface area (Å²) in [5, 5.41) is 14.3. The van der Waals surface area contributed by atoms with Crippen LogP contribution in [0.2, 0.25) is 0 Å². The molecule has 57 heavy (non-hydrogen) atoms. The summed E-state index contributed by atoms with van der Waals surface area (Å²) < 4.78 is 22.9. The van der Waals surface area contributed by atoms with Crippen molar-refractivity contribution >= 4 is 23.9 Å². The van der Waals surface area contributed by atoms with Gasteiger partial charge in [-0.05, 0) is 117 Å². The zero-order valence-electron chi connectivity index (χ0n) is 38.9. The van der Waals surface area contributed by atoms with Crippen molar-refractivity contribution in [3.8, 4) is 0 Å². The van der Waals surface area contributed by atoms with Gasteiger partial charge in [-0.1, -0.05) is 6.92 Å². The molecule has 0 aliphatic carbocycles. The van der Waals surface area contributed by atoms with Crippen molar-refractivity contribution in [3.05, 3.63) is 0 Å². The van der Waals surface area contributed by atoms with E-state index in [0.717, 1.165) is 51.4 Å². The van der Waals surface area contributed by atoms with Gasteiger partial charge in [0, 0.05) is 95.7 Å². The third kappa shape index (κ3) is 17.1. The maximum absolute atomic E-state index is 12.8. The Morgan fingerprint density at radius 2 is 0.649 bits per heavy atom. The van der Waals surface area contributed by atoms with Gasteiger partial charge in [-0.3, -0.25) is 19.2 Å². The van der Waals surface area contributed by atoms with Gasteiger partial charge in [0.1, 0.15) is 30.8 Å². The minimum absolute atomic E-state index is 0.0812. The molecule has 4 heterocycles. The smallest absolute Gasteiger partial charge is 0.317 e. The number of carbonyl (C=O) groups excluding carboxylic acids is 4. The Morgan fingerprint density at radius 1 is 0.421 bits per heavy atom. The molecule has 330 valence electrons. The van der Waals surface area contributed by atoms with E-state index in [0.29, 0.717) is 6.42 Å². The van der Waals surface area contributed by atoms with E-state index in [4.69, 9.17) is 18.9 Å². The van der Waals surface area contributed by atoms with E-state index >= 15 is 0 Å². The first-order valence-electron chi connectivity index (χ1n) is 21.5. The second-order valence-electron chi connectivity index (χ2n) is 23.1. The molecule has 0 bridgehead atoms. The molecule has 12 heteroatoms. The van der Waals surface area contributed by atoms with Crippen LogP contribution in [0.3, 0.4) is 0 Å². The van der Waals surface area contributed by atoms with Crippen molar-refractivity contribution < 1.29 is 38.1 Å². The number of piperidine rings is 4. The van der Waals surface area contributed by atoms with Gasteiger partial charge in [-0.15, -0.1) is 0 Å². The quantitative estimate of drug-likeness (QED) is 0.100. The van der Waals surface area contributed by atoms with E-state index in [9.17, 15) is 19.2 Å². The highest BCUT2D eigenvalue weighted by atomic mass is 16.6. The molecular weight excluding hydrogens is 725 g/mol. The second kappa shape index (κ2) is 17.7. The van der Waals surface area contributed by atoms with Crippen molar-refractivity contribution in [3.63, 3.8) is 0 Å². The van der Waals surface area contributed by atoms with Gasteiger partial charge >= 0.3 is 23.9 Å². The summed E-state index contributed by atoms with van der Waals surface area (Å²) in [7, 11) is 0. The fourth-order valence-corrected chi connectivity index (χ4v) is 10.9. The lowest BCUT2D eigenvalue weighted by Crippen LogP contribution is -2.60. The van der Waals surface area contributed by atoms with Gasteiger partial charge in [0.25, 0.3) is 0 Å². The van der Waals surface area contributed by atoms with Gasteiger partial charge in [-0.25, -0.2) is 0 Å². The maximum atomic E-state index is 12.8. The topological polar surface area (TPSA) is 153 Å². The second-order valence-corrected chi connectivity index (χ2v) is 23.1. The molecule has 4 saturated heterocycles. The molecule has 0 aromatic rings. The molecule has 4 N–H and O–H groups in total. The molecule has 0 aromatic carbocycles. The van der Waals surface area contributed by atoms with Crippen molar-refractivity contribution in [1.82, 2.24) is 21.3 Å². The van der Waals surface area contributed by atoms with Gasteiger partial charge in [0.05, 0.1) is 12.3 Å². The number of ether oxygens (including phenoxy) is 4. The highest BCUT2D eigenvalue weighted by molar-refractivity contribution is 5.91. The van der Waals surface area contributed by atoms with E-state index in [2.05, 4.69) is 132 Å². The van der Waals surface area contributed by atoms with Gasteiger partial charge in [-0.2, -0.15) is 0 Å². The first-order valence-corrected chi connectivity index (χ1v) is 21.5. The lowest BCUT2D eigenvalue weighted by molar-refractivity contribution is -0.165. The molecule has 4 aliphatic heterocycles. The summed E-state index contributed by atoms with van der Waals surface area (Å²) >= 11 is 0. The summed E-state index contributed by atoms with van der Waals surface area (Å²) in [6.07, 6.45) is 5.66. The lowest BCUT2D eigenvalue weighted by Gasteiger charge is -2.46. The predicted octanol–water partition coefficient (Wildman–Crippen LogP) is 7.19.